The van der Waals surface area contributed by atoms with E-state index in [4.69, 9.17) is 5.26 Å². The molecule has 1 aromatic rings. The summed E-state index contributed by atoms with van der Waals surface area (Å²) in [6.07, 6.45) is 0. The average molecular weight is 206 g/mol. The first-order valence-corrected chi connectivity index (χ1v) is 4.99. The number of thiol groups is 1. The van der Waals surface area contributed by atoms with E-state index < -0.39 is 0 Å². The smallest absolute Gasteiger partial charge is 0.100 e. The SMILES string of the molecule is CNc1cc(C(C)C)cc(C#N)c1S. The molecule has 1 aromatic carbocycles. The average Bonchev–Trinajstić information content (AvgIpc) is 2.17. The zero-order valence-electron chi connectivity index (χ0n) is 8.63. The molecule has 0 unspecified atom stereocenters. The fourth-order valence-corrected chi connectivity index (χ4v) is 1.56. The van der Waals surface area contributed by atoms with Crippen molar-refractivity contribution in [3.63, 3.8) is 0 Å². The monoisotopic (exact) mass is 206 g/mol. The molecule has 0 aliphatic carbocycles. The maximum atomic E-state index is 8.92. The first-order chi connectivity index (χ1) is 6.60. The minimum atomic E-state index is 0.420. The second kappa shape index (κ2) is 4.39. The number of nitrogens with one attached hydrogen (secondary N) is 1. The number of rotatable bonds is 2. The first kappa shape index (κ1) is 10.9. The van der Waals surface area contributed by atoms with Crippen molar-refractivity contribution >= 4 is 18.3 Å². The maximum Gasteiger partial charge on any atom is 0.100 e. The lowest BCUT2D eigenvalue weighted by Gasteiger charge is -2.11. The third-order valence-electron chi connectivity index (χ3n) is 2.19. The summed E-state index contributed by atoms with van der Waals surface area (Å²) in [4.78, 5) is 0.722. The number of benzene rings is 1. The Morgan fingerprint density at radius 1 is 1.43 bits per heavy atom. The van der Waals surface area contributed by atoms with Gasteiger partial charge in [-0.15, -0.1) is 12.6 Å². The van der Waals surface area contributed by atoms with E-state index in [2.05, 4.69) is 37.9 Å². The lowest BCUT2D eigenvalue weighted by atomic mass is 10.00. The molecule has 14 heavy (non-hydrogen) atoms. The fraction of sp³-hybridized carbons (Fsp3) is 0.364. The van der Waals surface area contributed by atoms with Crippen molar-refractivity contribution in [3.8, 4) is 6.07 Å². The standard InChI is InChI=1S/C11H14N2S/c1-7(2)8-4-9(6-12)11(14)10(5-8)13-3/h4-5,7,13-14H,1-3H3. The molecule has 0 fully saturated rings. The number of hydrogen-bond donors (Lipinski definition) is 2. The van der Waals surface area contributed by atoms with Crippen molar-refractivity contribution in [3.05, 3.63) is 23.3 Å². The highest BCUT2D eigenvalue weighted by molar-refractivity contribution is 7.80. The molecule has 0 radical (unpaired) electrons. The van der Waals surface area contributed by atoms with Crippen LogP contribution in [0.4, 0.5) is 5.69 Å². The van der Waals surface area contributed by atoms with E-state index in [-0.39, 0.29) is 0 Å². The Morgan fingerprint density at radius 2 is 2.07 bits per heavy atom. The van der Waals surface area contributed by atoms with Crippen LogP contribution in [0.25, 0.3) is 0 Å². The molecular weight excluding hydrogens is 192 g/mol. The zero-order chi connectivity index (χ0) is 10.7. The summed E-state index contributed by atoms with van der Waals surface area (Å²) in [5.41, 5.74) is 2.70. The molecule has 0 atom stereocenters. The van der Waals surface area contributed by atoms with Gasteiger partial charge in [-0.3, -0.25) is 0 Å². The maximum absolute atomic E-state index is 8.92. The lowest BCUT2D eigenvalue weighted by Crippen LogP contribution is -1.96. The highest BCUT2D eigenvalue weighted by Gasteiger charge is 2.08. The van der Waals surface area contributed by atoms with Crippen LogP contribution in [0.3, 0.4) is 0 Å². The van der Waals surface area contributed by atoms with Crippen LogP contribution in [0.5, 0.6) is 0 Å². The lowest BCUT2D eigenvalue weighted by molar-refractivity contribution is 0.864. The molecule has 0 aliphatic rings. The number of nitriles is 1. The highest BCUT2D eigenvalue weighted by Crippen LogP contribution is 2.28. The topological polar surface area (TPSA) is 35.8 Å². The molecule has 0 amide bonds. The van der Waals surface area contributed by atoms with Gasteiger partial charge in [-0.25, -0.2) is 0 Å². The predicted octanol–water partition coefficient (Wildman–Crippen LogP) is 3.01. The van der Waals surface area contributed by atoms with Crippen LogP contribution in [-0.4, -0.2) is 7.05 Å². The van der Waals surface area contributed by atoms with Crippen LogP contribution >= 0.6 is 12.6 Å². The van der Waals surface area contributed by atoms with Gasteiger partial charge in [0.05, 0.1) is 5.56 Å². The minimum absolute atomic E-state index is 0.420. The summed E-state index contributed by atoms with van der Waals surface area (Å²) in [5.74, 6) is 0.420. The summed E-state index contributed by atoms with van der Waals surface area (Å²) in [7, 11) is 1.83. The molecule has 0 saturated heterocycles. The summed E-state index contributed by atoms with van der Waals surface area (Å²) < 4.78 is 0. The Kier molecular flexibility index (Phi) is 3.43. The molecule has 2 nitrogen and oxygen atoms in total. The van der Waals surface area contributed by atoms with Crippen LogP contribution in [-0.2, 0) is 0 Å². The Bertz CT molecular complexity index is 378. The van der Waals surface area contributed by atoms with E-state index in [0.717, 1.165) is 16.1 Å². The molecule has 0 aromatic heterocycles. The van der Waals surface area contributed by atoms with Gasteiger partial charge in [-0.1, -0.05) is 13.8 Å². The normalized spacial score (nSPS) is 10.0. The second-order valence-corrected chi connectivity index (χ2v) is 3.93. The molecule has 74 valence electrons. The van der Waals surface area contributed by atoms with Crippen LogP contribution in [0.1, 0.15) is 30.9 Å². The van der Waals surface area contributed by atoms with Crippen LogP contribution in [0.15, 0.2) is 17.0 Å². The Morgan fingerprint density at radius 3 is 2.50 bits per heavy atom. The van der Waals surface area contributed by atoms with Crippen molar-refractivity contribution in [1.82, 2.24) is 0 Å². The van der Waals surface area contributed by atoms with Crippen LogP contribution in [0, 0.1) is 11.3 Å². The predicted molar refractivity (Wildman–Crippen MR) is 62.0 cm³/mol. The quantitative estimate of drug-likeness (QED) is 0.730. The van der Waals surface area contributed by atoms with Gasteiger partial charge in [0, 0.05) is 17.6 Å². The molecule has 1 rings (SSSR count). The molecule has 0 aliphatic heterocycles. The second-order valence-electron chi connectivity index (χ2n) is 3.48. The number of nitrogens with zero attached hydrogens (tertiary/aromatic N) is 1. The van der Waals surface area contributed by atoms with Crippen molar-refractivity contribution in [2.24, 2.45) is 0 Å². The molecule has 0 bridgehead atoms. The van der Waals surface area contributed by atoms with Gasteiger partial charge in [-0.05, 0) is 23.6 Å². The summed E-state index contributed by atoms with van der Waals surface area (Å²) >= 11 is 4.30. The summed E-state index contributed by atoms with van der Waals surface area (Å²) in [6.45, 7) is 4.21. The highest BCUT2D eigenvalue weighted by atomic mass is 32.1. The van der Waals surface area contributed by atoms with Gasteiger partial charge in [0.1, 0.15) is 6.07 Å². The van der Waals surface area contributed by atoms with E-state index >= 15 is 0 Å². The van der Waals surface area contributed by atoms with Gasteiger partial charge in [0.2, 0.25) is 0 Å². The van der Waals surface area contributed by atoms with E-state index in [9.17, 15) is 0 Å². The van der Waals surface area contributed by atoms with Crippen LogP contribution < -0.4 is 5.32 Å². The van der Waals surface area contributed by atoms with Gasteiger partial charge in [0.15, 0.2) is 0 Å². The first-order valence-electron chi connectivity index (χ1n) is 4.55. The minimum Gasteiger partial charge on any atom is -0.387 e. The zero-order valence-corrected chi connectivity index (χ0v) is 9.52. The fourth-order valence-electron chi connectivity index (χ4n) is 1.27. The Hall–Kier alpha value is -1.14. The van der Waals surface area contributed by atoms with Crippen molar-refractivity contribution < 1.29 is 0 Å². The van der Waals surface area contributed by atoms with Crippen molar-refractivity contribution in [2.45, 2.75) is 24.7 Å². The Balaban J connectivity index is 3.34. The third-order valence-corrected chi connectivity index (χ3v) is 2.67. The van der Waals surface area contributed by atoms with Gasteiger partial charge in [0.25, 0.3) is 0 Å². The van der Waals surface area contributed by atoms with Crippen LogP contribution in [0.2, 0.25) is 0 Å². The van der Waals surface area contributed by atoms with E-state index in [1.54, 1.807) is 0 Å². The molecule has 0 heterocycles. The molecular formula is C11H14N2S. The van der Waals surface area contributed by atoms with E-state index in [1.165, 1.54) is 0 Å². The molecule has 0 spiro atoms. The largest absolute Gasteiger partial charge is 0.387 e. The molecule has 1 N–H and O–H groups in total. The molecule has 0 saturated carbocycles. The van der Waals surface area contributed by atoms with Gasteiger partial charge < -0.3 is 5.32 Å². The van der Waals surface area contributed by atoms with Crippen molar-refractivity contribution in [1.29, 1.82) is 5.26 Å². The summed E-state index contributed by atoms with van der Waals surface area (Å²) in [6, 6.07) is 6.08. The molecule has 3 heteroatoms. The third kappa shape index (κ3) is 2.02. The van der Waals surface area contributed by atoms with Crippen molar-refractivity contribution in [2.75, 3.05) is 12.4 Å². The van der Waals surface area contributed by atoms with Gasteiger partial charge >= 0.3 is 0 Å². The summed E-state index contributed by atoms with van der Waals surface area (Å²) in [5, 5.41) is 12.0. The van der Waals surface area contributed by atoms with E-state index in [1.807, 2.05) is 19.2 Å². The number of anilines is 1. The van der Waals surface area contributed by atoms with Gasteiger partial charge in [-0.2, -0.15) is 5.26 Å². The Labute approximate surface area is 90.4 Å². The van der Waals surface area contributed by atoms with E-state index in [0.29, 0.717) is 11.5 Å². The number of hydrogen-bond acceptors (Lipinski definition) is 3.